The van der Waals surface area contributed by atoms with Crippen molar-refractivity contribution in [1.82, 2.24) is 20.1 Å². The van der Waals surface area contributed by atoms with Gasteiger partial charge in [-0.05, 0) is 74.7 Å². The average Bonchev–Trinajstić information content (AvgIpc) is 3.47. The SMILES string of the molecule is O=C(NCC1CCOCC1)C(=O)Nc1nn(C2[C@@H]3CC4C[C@H]2CC(O)(C4)C3)c2c1CNc1[nH]ccc1-2. The molecule has 0 radical (unpaired) electrons. The molecule has 3 unspecified atom stereocenters. The lowest BCUT2D eigenvalue weighted by Gasteiger charge is -2.58. The van der Waals surface area contributed by atoms with Crippen molar-refractivity contribution in [2.24, 2.45) is 23.7 Å². The summed E-state index contributed by atoms with van der Waals surface area (Å²) in [6.45, 7) is 2.39. The maximum atomic E-state index is 12.9. The van der Waals surface area contributed by atoms with Crippen molar-refractivity contribution in [2.75, 3.05) is 30.4 Å². The van der Waals surface area contributed by atoms with E-state index in [0.717, 1.165) is 67.6 Å². The number of H-pyrrole nitrogens is 1. The summed E-state index contributed by atoms with van der Waals surface area (Å²) >= 11 is 0. The number of aromatic amines is 1. The summed E-state index contributed by atoms with van der Waals surface area (Å²) in [4.78, 5) is 28.8. The van der Waals surface area contributed by atoms with Crippen molar-refractivity contribution >= 4 is 23.5 Å². The van der Waals surface area contributed by atoms with Crippen molar-refractivity contribution < 1.29 is 19.4 Å². The van der Waals surface area contributed by atoms with E-state index >= 15 is 0 Å². The normalized spacial score (nSPS) is 32.5. The summed E-state index contributed by atoms with van der Waals surface area (Å²) in [5.74, 6) is 1.74. The zero-order valence-electron chi connectivity index (χ0n) is 20.4. The van der Waals surface area contributed by atoms with Gasteiger partial charge in [-0.3, -0.25) is 14.3 Å². The summed E-state index contributed by atoms with van der Waals surface area (Å²) in [5, 5.41) is 25.1. The van der Waals surface area contributed by atoms with Gasteiger partial charge >= 0.3 is 11.8 Å². The molecule has 10 heteroatoms. The Kier molecular flexibility index (Phi) is 5.18. The molecule has 5 atom stereocenters. The van der Waals surface area contributed by atoms with Crippen LogP contribution in [0.2, 0.25) is 0 Å². The number of ether oxygens (including phenoxy) is 1. The summed E-state index contributed by atoms with van der Waals surface area (Å²) in [7, 11) is 0. The Morgan fingerprint density at radius 1 is 1.17 bits per heavy atom. The molecule has 5 N–H and O–H groups in total. The topological polar surface area (TPSA) is 133 Å². The third kappa shape index (κ3) is 3.64. The van der Waals surface area contributed by atoms with Crippen LogP contribution < -0.4 is 16.0 Å². The number of aromatic nitrogens is 3. The highest BCUT2D eigenvalue weighted by molar-refractivity contribution is 6.39. The van der Waals surface area contributed by atoms with Crippen LogP contribution >= 0.6 is 0 Å². The van der Waals surface area contributed by atoms with Crippen LogP contribution in [0.1, 0.15) is 56.6 Å². The molecule has 4 heterocycles. The van der Waals surface area contributed by atoms with Crippen molar-refractivity contribution in [2.45, 2.75) is 63.1 Å². The Morgan fingerprint density at radius 2 is 1.94 bits per heavy atom. The largest absolute Gasteiger partial charge is 0.390 e. The van der Waals surface area contributed by atoms with E-state index in [1.165, 1.54) is 0 Å². The van der Waals surface area contributed by atoms with Crippen LogP contribution in [0.5, 0.6) is 0 Å². The highest BCUT2D eigenvalue weighted by Crippen LogP contribution is 2.60. The number of nitrogens with zero attached hydrogens (tertiary/aromatic N) is 2. The fourth-order valence-corrected chi connectivity index (χ4v) is 7.91. The monoisotopic (exact) mass is 494 g/mol. The van der Waals surface area contributed by atoms with Gasteiger partial charge in [-0.25, -0.2) is 0 Å². The molecule has 2 aromatic heterocycles. The lowest BCUT2D eigenvalue weighted by Crippen LogP contribution is -2.55. The average molecular weight is 495 g/mol. The molecule has 2 aromatic rings. The van der Waals surface area contributed by atoms with Crippen LogP contribution in [-0.4, -0.2) is 57.0 Å². The molecular formula is C26H34N6O4. The first-order chi connectivity index (χ1) is 17.5. The molecule has 4 aliphatic carbocycles. The molecule has 8 rings (SSSR count). The number of amides is 2. The molecule has 1 saturated heterocycles. The molecule has 2 amide bonds. The van der Waals surface area contributed by atoms with E-state index in [4.69, 9.17) is 9.84 Å². The first-order valence-electron chi connectivity index (χ1n) is 13.4. The van der Waals surface area contributed by atoms with Gasteiger partial charge in [-0.2, -0.15) is 5.10 Å². The number of hydrogen-bond donors (Lipinski definition) is 5. The van der Waals surface area contributed by atoms with Gasteiger partial charge < -0.3 is 30.8 Å². The number of nitrogens with one attached hydrogen (secondary N) is 4. The zero-order valence-corrected chi connectivity index (χ0v) is 20.4. The van der Waals surface area contributed by atoms with E-state index in [9.17, 15) is 14.7 Å². The lowest BCUT2D eigenvalue weighted by molar-refractivity contribution is -0.148. The van der Waals surface area contributed by atoms with Crippen molar-refractivity contribution in [3.63, 3.8) is 0 Å². The van der Waals surface area contributed by atoms with Crippen molar-refractivity contribution in [1.29, 1.82) is 0 Å². The number of anilines is 2. The summed E-state index contributed by atoms with van der Waals surface area (Å²) < 4.78 is 7.49. The molecule has 0 spiro atoms. The maximum Gasteiger partial charge on any atom is 0.314 e. The fourth-order valence-electron chi connectivity index (χ4n) is 7.91. The Labute approximate surface area is 209 Å². The number of aliphatic hydroxyl groups is 1. The van der Waals surface area contributed by atoms with Crippen molar-refractivity contribution in [3.8, 4) is 11.3 Å². The minimum Gasteiger partial charge on any atom is -0.390 e. The van der Waals surface area contributed by atoms with Crippen LogP contribution in [0.15, 0.2) is 12.3 Å². The number of hydrogen-bond acceptors (Lipinski definition) is 6. The van der Waals surface area contributed by atoms with Crippen LogP contribution in [0.25, 0.3) is 11.3 Å². The van der Waals surface area contributed by atoms with Gasteiger partial charge in [-0.1, -0.05) is 0 Å². The maximum absolute atomic E-state index is 12.9. The third-order valence-corrected chi connectivity index (χ3v) is 9.26. The van der Waals surface area contributed by atoms with E-state index in [1.54, 1.807) is 0 Å². The Hall–Kier alpha value is -2.85. The highest BCUT2D eigenvalue weighted by atomic mass is 16.5. The minimum absolute atomic E-state index is 0.185. The van der Waals surface area contributed by atoms with E-state index < -0.39 is 17.4 Å². The molecule has 2 aliphatic heterocycles. The number of carbonyl (C=O) groups is 2. The molecule has 4 bridgehead atoms. The second-order valence-electron chi connectivity index (χ2n) is 11.6. The van der Waals surface area contributed by atoms with Crippen LogP contribution in [0.3, 0.4) is 0 Å². The van der Waals surface area contributed by atoms with Gasteiger partial charge in [0.1, 0.15) is 5.82 Å². The quantitative estimate of drug-likeness (QED) is 0.415. The number of carbonyl (C=O) groups excluding carboxylic acids is 2. The van der Waals surface area contributed by atoms with Crippen LogP contribution in [0.4, 0.5) is 11.6 Å². The standard InChI is InChI=1S/C26H34N6O4/c33-24(29-12-14-2-5-36-6-3-14)25(34)30-23-19-13-28-22-18(1-4-27-22)21(19)32(31-23)20-16-7-15-8-17(20)11-26(35,9-15)10-16/h1,4,14-17,20,27-28,35H,2-3,5-13H2,(H,29,33)(H,30,31,34)/t15?,16-,17+,20?,26?. The number of fused-ring (bicyclic) bond motifs is 3. The predicted octanol–water partition coefficient (Wildman–Crippen LogP) is 2.40. The van der Waals surface area contributed by atoms with Crippen LogP contribution in [0, 0.1) is 23.7 Å². The van der Waals surface area contributed by atoms with Gasteiger partial charge in [0.2, 0.25) is 0 Å². The summed E-state index contributed by atoms with van der Waals surface area (Å²) in [6, 6.07) is 2.22. The number of rotatable bonds is 4. The summed E-state index contributed by atoms with van der Waals surface area (Å²) in [6.07, 6.45) is 8.49. The van der Waals surface area contributed by atoms with Gasteiger partial charge in [0.15, 0.2) is 5.82 Å². The molecular weight excluding hydrogens is 460 g/mol. The molecule has 0 aromatic carbocycles. The molecule has 10 nitrogen and oxygen atoms in total. The minimum atomic E-state index is -0.686. The second kappa shape index (κ2) is 8.34. The first kappa shape index (κ1) is 22.4. The molecule has 5 fully saturated rings. The van der Waals surface area contributed by atoms with Gasteiger partial charge in [0.25, 0.3) is 0 Å². The smallest absolute Gasteiger partial charge is 0.314 e. The van der Waals surface area contributed by atoms with E-state index in [-0.39, 0.29) is 6.04 Å². The predicted molar refractivity (Wildman–Crippen MR) is 132 cm³/mol. The zero-order chi connectivity index (χ0) is 24.4. The Bertz CT molecular complexity index is 1180. The lowest BCUT2D eigenvalue weighted by atomic mass is 9.52. The highest BCUT2D eigenvalue weighted by Gasteiger charge is 2.56. The second-order valence-corrected chi connectivity index (χ2v) is 11.6. The van der Waals surface area contributed by atoms with E-state index in [0.29, 0.717) is 55.8 Å². The van der Waals surface area contributed by atoms with Gasteiger partial charge in [0.05, 0.1) is 17.3 Å². The van der Waals surface area contributed by atoms with Crippen LogP contribution in [-0.2, 0) is 20.9 Å². The molecule has 36 heavy (non-hydrogen) atoms. The third-order valence-electron chi connectivity index (χ3n) is 9.26. The fraction of sp³-hybridized carbons (Fsp3) is 0.654. The van der Waals surface area contributed by atoms with Crippen molar-refractivity contribution in [3.05, 3.63) is 17.8 Å². The summed E-state index contributed by atoms with van der Waals surface area (Å²) in [5.41, 5.74) is 2.41. The molecule has 4 saturated carbocycles. The van der Waals surface area contributed by atoms with E-state index in [2.05, 4.69) is 25.6 Å². The van der Waals surface area contributed by atoms with Gasteiger partial charge in [0, 0.05) is 43.6 Å². The Morgan fingerprint density at radius 3 is 2.69 bits per heavy atom. The Balaban J connectivity index is 1.17. The van der Waals surface area contributed by atoms with Gasteiger partial charge in [-0.15, -0.1) is 0 Å². The van der Waals surface area contributed by atoms with E-state index in [1.807, 2.05) is 12.3 Å². The molecule has 192 valence electrons. The first-order valence-corrected chi connectivity index (χ1v) is 13.4. The molecule has 6 aliphatic rings.